The van der Waals surface area contributed by atoms with E-state index in [0.29, 0.717) is 29.0 Å². The molecule has 5 rings (SSSR count). The summed E-state index contributed by atoms with van der Waals surface area (Å²) in [5.74, 6) is 0.284. The lowest BCUT2D eigenvalue weighted by Crippen LogP contribution is -2.44. The number of aliphatic hydroxyl groups is 2. The molecule has 0 aliphatic carbocycles. The van der Waals surface area contributed by atoms with Crippen molar-refractivity contribution in [3.63, 3.8) is 0 Å². The van der Waals surface area contributed by atoms with E-state index in [1.165, 1.54) is 24.7 Å². The minimum absolute atomic E-state index is 0.144. The van der Waals surface area contributed by atoms with Crippen LogP contribution in [0.3, 0.4) is 0 Å². The van der Waals surface area contributed by atoms with E-state index in [1.807, 2.05) is 52.0 Å². The molecule has 14 nitrogen and oxygen atoms in total. The topological polar surface area (TPSA) is 176 Å². The number of aryl methyl sites for hydroxylation is 1. The molecule has 254 valence electrons. The molecule has 0 spiro atoms. The van der Waals surface area contributed by atoms with Crippen molar-refractivity contribution in [2.45, 2.75) is 78.5 Å². The third-order valence-corrected chi connectivity index (χ3v) is 9.15. The fraction of sp³-hybridized carbons (Fsp3) is 0.500. The molecule has 0 saturated carbocycles. The lowest BCUT2D eigenvalue weighted by atomic mass is 9.96. The number of aromatic nitrogens is 4. The molecule has 2 aromatic heterocycles. The van der Waals surface area contributed by atoms with Crippen LogP contribution in [0.2, 0.25) is 0 Å². The highest BCUT2D eigenvalue weighted by molar-refractivity contribution is 7.52. The van der Waals surface area contributed by atoms with Crippen LogP contribution in [0.25, 0.3) is 21.9 Å². The SMILES string of the molecule is CCOc1nc(C)nc2c1ncn2C1O[C@H](COP(=O)(N[C@@H](C)C(=O)OCC(C)(C)C)Oc2cccc3ccccc23)[C@@H](O)[C@@]1(C)O. The summed E-state index contributed by atoms with van der Waals surface area (Å²) in [5, 5.41) is 26.9. The van der Waals surface area contributed by atoms with Gasteiger partial charge in [0, 0.05) is 5.39 Å². The van der Waals surface area contributed by atoms with Crippen molar-refractivity contribution in [1.29, 1.82) is 0 Å². The lowest BCUT2D eigenvalue weighted by Gasteiger charge is -2.27. The van der Waals surface area contributed by atoms with Gasteiger partial charge in [-0.05, 0) is 44.6 Å². The Kier molecular flexibility index (Phi) is 9.93. The van der Waals surface area contributed by atoms with Gasteiger partial charge in [0.15, 0.2) is 17.4 Å². The van der Waals surface area contributed by atoms with Gasteiger partial charge in [0.05, 0.1) is 26.1 Å². The van der Waals surface area contributed by atoms with E-state index in [0.717, 1.165) is 5.39 Å². The minimum atomic E-state index is -4.36. The first kappa shape index (κ1) is 34.7. The summed E-state index contributed by atoms with van der Waals surface area (Å²) in [6.45, 7) is 12.2. The fourth-order valence-electron chi connectivity index (χ4n) is 5.15. The Morgan fingerprint density at radius 1 is 1.19 bits per heavy atom. The number of aliphatic hydroxyl groups excluding tert-OH is 1. The van der Waals surface area contributed by atoms with E-state index >= 15 is 0 Å². The predicted molar refractivity (Wildman–Crippen MR) is 173 cm³/mol. The Hall–Kier alpha value is -3.65. The van der Waals surface area contributed by atoms with Crippen LogP contribution in [-0.4, -0.2) is 79.4 Å². The summed E-state index contributed by atoms with van der Waals surface area (Å²) in [6, 6.07) is 11.5. The second-order valence-corrected chi connectivity index (χ2v) is 14.6. The molecule has 0 radical (unpaired) electrons. The Labute approximate surface area is 273 Å². The third-order valence-electron chi connectivity index (χ3n) is 7.52. The summed E-state index contributed by atoms with van der Waals surface area (Å²) in [4.78, 5) is 26.0. The van der Waals surface area contributed by atoms with E-state index in [1.54, 1.807) is 25.1 Å². The fourth-order valence-corrected chi connectivity index (χ4v) is 6.67. The van der Waals surface area contributed by atoms with Crippen molar-refractivity contribution in [3.05, 3.63) is 54.6 Å². The van der Waals surface area contributed by atoms with Gasteiger partial charge >= 0.3 is 13.7 Å². The van der Waals surface area contributed by atoms with E-state index in [9.17, 15) is 19.6 Å². The largest absolute Gasteiger partial charge is 0.476 e. The second kappa shape index (κ2) is 13.5. The summed E-state index contributed by atoms with van der Waals surface area (Å²) < 4.78 is 44.9. The number of carbonyl (C=O) groups excluding carboxylic acids is 1. The molecule has 1 aliphatic heterocycles. The number of benzene rings is 2. The molecule has 15 heteroatoms. The molecule has 1 fully saturated rings. The van der Waals surface area contributed by atoms with Crippen molar-refractivity contribution >= 4 is 35.7 Å². The first-order valence-electron chi connectivity index (χ1n) is 15.4. The number of hydrogen-bond donors (Lipinski definition) is 3. The molecule has 3 heterocycles. The van der Waals surface area contributed by atoms with Crippen LogP contribution < -0.4 is 14.3 Å². The van der Waals surface area contributed by atoms with Gasteiger partial charge in [0.1, 0.15) is 35.4 Å². The quantitative estimate of drug-likeness (QED) is 0.142. The number of rotatable bonds is 12. The van der Waals surface area contributed by atoms with Crippen LogP contribution in [0.4, 0.5) is 0 Å². The standard InChI is InChI=1S/C32H42N5O9P/c1-8-42-28-25-27(34-20(3)35-28)37(18-33-25)30-32(7,40)26(38)24(45-30)16-44-47(41,36-19(2)29(39)43-17-31(4,5)6)46-23-15-11-13-21-12-9-10-14-22(21)23/h9-15,18-19,24,26,30,38,40H,8,16-17H2,1-7H3,(H,36,41)/t19-,24+,26+,30?,32+,47?/m0/s1. The predicted octanol–water partition coefficient (Wildman–Crippen LogP) is 4.47. The zero-order chi connectivity index (χ0) is 34.1. The highest BCUT2D eigenvalue weighted by Gasteiger charge is 2.54. The van der Waals surface area contributed by atoms with Gasteiger partial charge in [-0.15, -0.1) is 0 Å². The van der Waals surface area contributed by atoms with Crippen molar-refractivity contribution in [2.75, 3.05) is 19.8 Å². The summed E-state index contributed by atoms with van der Waals surface area (Å²) in [7, 11) is -4.36. The zero-order valence-electron chi connectivity index (χ0n) is 27.5. The third kappa shape index (κ3) is 7.58. The smallest absolute Gasteiger partial charge is 0.459 e. The number of fused-ring (bicyclic) bond motifs is 2. The molecular formula is C32H42N5O9P. The van der Waals surface area contributed by atoms with Crippen LogP contribution in [0.1, 0.15) is 53.6 Å². The van der Waals surface area contributed by atoms with E-state index in [2.05, 4.69) is 20.0 Å². The first-order valence-corrected chi connectivity index (χ1v) is 16.9. The van der Waals surface area contributed by atoms with Gasteiger partial charge in [-0.25, -0.2) is 14.5 Å². The number of nitrogens with zero attached hydrogens (tertiary/aromatic N) is 4. The molecule has 0 bridgehead atoms. The number of nitrogens with one attached hydrogen (secondary N) is 1. The zero-order valence-corrected chi connectivity index (χ0v) is 28.4. The van der Waals surface area contributed by atoms with Gasteiger partial charge < -0.3 is 28.9 Å². The molecule has 4 aromatic rings. The molecule has 1 saturated heterocycles. The molecule has 0 amide bonds. The molecular weight excluding hydrogens is 629 g/mol. The van der Waals surface area contributed by atoms with Crippen LogP contribution in [0.5, 0.6) is 11.6 Å². The van der Waals surface area contributed by atoms with Crippen LogP contribution in [-0.2, 0) is 23.4 Å². The molecule has 2 aromatic carbocycles. The van der Waals surface area contributed by atoms with Crippen LogP contribution in [0, 0.1) is 12.3 Å². The van der Waals surface area contributed by atoms with Crippen molar-refractivity contribution in [2.24, 2.45) is 5.41 Å². The summed E-state index contributed by atoms with van der Waals surface area (Å²) in [5.41, 5.74) is -1.46. The Morgan fingerprint density at radius 3 is 2.64 bits per heavy atom. The Bertz CT molecular complexity index is 1780. The Balaban J connectivity index is 1.40. The van der Waals surface area contributed by atoms with E-state index in [-0.39, 0.29) is 23.7 Å². The molecule has 1 aliphatic rings. The molecule has 6 atom stereocenters. The number of esters is 1. The molecule has 2 unspecified atom stereocenters. The van der Waals surface area contributed by atoms with Gasteiger partial charge in [0.25, 0.3) is 0 Å². The normalized spacial score (nSPS) is 23.5. The highest BCUT2D eigenvalue weighted by atomic mass is 31.2. The van der Waals surface area contributed by atoms with Crippen molar-refractivity contribution in [3.8, 4) is 11.6 Å². The first-order chi connectivity index (χ1) is 22.1. The van der Waals surface area contributed by atoms with Crippen LogP contribution in [0.15, 0.2) is 48.8 Å². The number of imidazole rings is 1. The lowest BCUT2D eigenvalue weighted by molar-refractivity contribution is -0.148. The van der Waals surface area contributed by atoms with Crippen molar-refractivity contribution in [1.82, 2.24) is 24.6 Å². The van der Waals surface area contributed by atoms with Gasteiger partial charge in [-0.1, -0.05) is 57.2 Å². The summed E-state index contributed by atoms with van der Waals surface area (Å²) >= 11 is 0. The monoisotopic (exact) mass is 671 g/mol. The van der Waals surface area contributed by atoms with Gasteiger partial charge in [-0.3, -0.25) is 13.9 Å². The maximum Gasteiger partial charge on any atom is 0.459 e. The number of hydrogen-bond acceptors (Lipinski definition) is 12. The molecule has 3 N–H and O–H groups in total. The second-order valence-electron chi connectivity index (χ2n) is 12.9. The average molecular weight is 672 g/mol. The maximum atomic E-state index is 14.4. The van der Waals surface area contributed by atoms with Crippen molar-refractivity contribution < 1.29 is 42.8 Å². The van der Waals surface area contributed by atoms with Crippen LogP contribution >= 0.6 is 7.75 Å². The highest BCUT2D eigenvalue weighted by Crippen LogP contribution is 2.48. The average Bonchev–Trinajstić information content (AvgIpc) is 3.52. The van der Waals surface area contributed by atoms with Gasteiger partial charge in [-0.2, -0.15) is 10.1 Å². The minimum Gasteiger partial charge on any atom is -0.476 e. The van der Waals surface area contributed by atoms with Gasteiger partial charge in [0.2, 0.25) is 5.88 Å². The van der Waals surface area contributed by atoms with E-state index < -0.39 is 50.4 Å². The molecule has 47 heavy (non-hydrogen) atoms. The number of ether oxygens (including phenoxy) is 3. The van der Waals surface area contributed by atoms with E-state index in [4.69, 9.17) is 23.3 Å². The Morgan fingerprint density at radius 2 is 1.91 bits per heavy atom. The number of carbonyl (C=O) groups is 1. The maximum absolute atomic E-state index is 14.4. The summed E-state index contributed by atoms with van der Waals surface area (Å²) in [6.07, 6.45) is -2.44.